The summed E-state index contributed by atoms with van der Waals surface area (Å²) in [6, 6.07) is 7.42. The van der Waals surface area contributed by atoms with E-state index in [4.69, 9.17) is 16.3 Å². The van der Waals surface area contributed by atoms with Crippen LogP contribution in [0.2, 0.25) is 5.02 Å². The van der Waals surface area contributed by atoms with Crippen LogP contribution in [0.25, 0.3) is 0 Å². The van der Waals surface area contributed by atoms with Crippen LogP contribution in [-0.4, -0.2) is 74.4 Å². The van der Waals surface area contributed by atoms with E-state index in [1.165, 1.54) is 0 Å². The van der Waals surface area contributed by atoms with Crippen molar-refractivity contribution in [2.24, 2.45) is 0 Å². The van der Waals surface area contributed by atoms with Gasteiger partial charge in [-0.2, -0.15) is 0 Å². The number of hydrogen-bond acceptors (Lipinski definition) is 4. The number of morpholine rings is 1. The number of carbonyl (C=O) groups excluding carboxylic acids is 1. The van der Waals surface area contributed by atoms with Gasteiger partial charge in [-0.05, 0) is 50.7 Å². The third-order valence-corrected chi connectivity index (χ3v) is 5.75. The molecule has 7 heteroatoms. The first kappa shape index (κ1) is 19.4. The molecule has 0 radical (unpaired) electrons. The molecule has 2 aliphatic heterocycles. The molecule has 2 saturated heterocycles. The summed E-state index contributed by atoms with van der Waals surface area (Å²) in [4.78, 5) is 17.2. The van der Waals surface area contributed by atoms with E-state index >= 15 is 0 Å². The van der Waals surface area contributed by atoms with Gasteiger partial charge in [0.1, 0.15) is 0 Å². The van der Waals surface area contributed by atoms with Crippen LogP contribution in [0, 0.1) is 0 Å². The van der Waals surface area contributed by atoms with Gasteiger partial charge in [0.15, 0.2) is 0 Å². The molecule has 3 rings (SSSR count). The van der Waals surface area contributed by atoms with Crippen LogP contribution in [0.5, 0.6) is 0 Å². The number of ether oxygens (including phenoxy) is 1. The summed E-state index contributed by atoms with van der Waals surface area (Å²) in [6.45, 7) is 6.69. The van der Waals surface area contributed by atoms with Crippen molar-refractivity contribution >= 4 is 17.6 Å². The van der Waals surface area contributed by atoms with Gasteiger partial charge in [0.05, 0.1) is 13.2 Å². The number of nitrogens with one attached hydrogen (secondary N) is 2. The molecule has 0 atom stereocenters. The lowest BCUT2D eigenvalue weighted by molar-refractivity contribution is -0.0435. The summed E-state index contributed by atoms with van der Waals surface area (Å²) in [7, 11) is 2.16. The fourth-order valence-corrected chi connectivity index (χ4v) is 4.03. The van der Waals surface area contributed by atoms with Gasteiger partial charge in [-0.1, -0.05) is 23.7 Å². The molecule has 2 amide bonds. The van der Waals surface area contributed by atoms with Crippen LogP contribution in [0.4, 0.5) is 4.79 Å². The summed E-state index contributed by atoms with van der Waals surface area (Å²) in [6.07, 6.45) is 2.14. The van der Waals surface area contributed by atoms with Gasteiger partial charge in [-0.25, -0.2) is 4.79 Å². The molecule has 0 saturated carbocycles. The zero-order chi connectivity index (χ0) is 18.4. The summed E-state index contributed by atoms with van der Waals surface area (Å²) in [5.41, 5.74) is 1.03. The Morgan fingerprint density at radius 2 is 1.92 bits per heavy atom. The van der Waals surface area contributed by atoms with Crippen molar-refractivity contribution in [3.63, 3.8) is 0 Å². The van der Waals surface area contributed by atoms with Crippen molar-refractivity contribution in [1.82, 2.24) is 20.4 Å². The molecule has 2 N–H and O–H groups in total. The second-order valence-corrected chi connectivity index (χ2v) is 7.73. The Kier molecular flexibility index (Phi) is 6.75. The van der Waals surface area contributed by atoms with Crippen molar-refractivity contribution in [2.75, 3.05) is 53.0 Å². The Bertz CT molecular complexity index is 599. The van der Waals surface area contributed by atoms with Crippen molar-refractivity contribution in [1.29, 1.82) is 0 Å². The van der Waals surface area contributed by atoms with Crippen LogP contribution in [-0.2, 0) is 11.3 Å². The van der Waals surface area contributed by atoms with Gasteiger partial charge >= 0.3 is 6.03 Å². The maximum absolute atomic E-state index is 12.3. The van der Waals surface area contributed by atoms with Crippen molar-refractivity contribution in [2.45, 2.75) is 24.9 Å². The first-order valence-corrected chi connectivity index (χ1v) is 9.73. The molecule has 2 aliphatic rings. The molecule has 0 spiro atoms. The Balaban J connectivity index is 1.54. The van der Waals surface area contributed by atoms with Crippen LogP contribution < -0.4 is 10.6 Å². The Morgan fingerprint density at radius 1 is 1.19 bits per heavy atom. The molecular formula is C19H29ClN4O2. The maximum Gasteiger partial charge on any atom is 0.315 e. The van der Waals surface area contributed by atoms with Gasteiger partial charge in [0, 0.05) is 36.7 Å². The highest BCUT2D eigenvalue weighted by molar-refractivity contribution is 6.30. The van der Waals surface area contributed by atoms with Crippen molar-refractivity contribution in [3.8, 4) is 0 Å². The summed E-state index contributed by atoms with van der Waals surface area (Å²) >= 11 is 5.99. The van der Waals surface area contributed by atoms with Gasteiger partial charge in [-0.15, -0.1) is 0 Å². The molecule has 0 aliphatic carbocycles. The van der Waals surface area contributed by atoms with Gasteiger partial charge in [0.25, 0.3) is 0 Å². The van der Waals surface area contributed by atoms with Crippen molar-refractivity contribution < 1.29 is 9.53 Å². The molecule has 2 heterocycles. The first-order valence-electron chi connectivity index (χ1n) is 9.35. The van der Waals surface area contributed by atoms with Crippen LogP contribution in [0.15, 0.2) is 24.3 Å². The Labute approximate surface area is 160 Å². The highest BCUT2D eigenvalue weighted by Crippen LogP contribution is 2.29. The third-order valence-electron chi connectivity index (χ3n) is 5.52. The number of rotatable bonds is 5. The molecule has 26 heavy (non-hydrogen) atoms. The van der Waals surface area contributed by atoms with E-state index in [9.17, 15) is 4.79 Å². The molecule has 2 fully saturated rings. The normalized spacial score (nSPS) is 21.3. The van der Waals surface area contributed by atoms with E-state index in [1.807, 2.05) is 24.3 Å². The zero-order valence-corrected chi connectivity index (χ0v) is 16.2. The smallest absolute Gasteiger partial charge is 0.315 e. The number of carbonyl (C=O) groups is 1. The second-order valence-electron chi connectivity index (χ2n) is 7.29. The minimum atomic E-state index is -0.128. The lowest BCUT2D eigenvalue weighted by Crippen LogP contribution is -2.63. The number of amides is 2. The monoisotopic (exact) mass is 380 g/mol. The largest absolute Gasteiger partial charge is 0.379 e. The van der Waals surface area contributed by atoms with E-state index in [0.717, 1.165) is 57.8 Å². The average molecular weight is 381 g/mol. The number of likely N-dealkylation sites (tertiary alicyclic amines) is 1. The second kappa shape index (κ2) is 9.04. The van der Waals surface area contributed by atoms with Crippen LogP contribution in [0.1, 0.15) is 18.4 Å². The first-order chi connectivity index (χ1) is 12.6. The highest BCUT2D eigenvalue weighted by Gasteiger charge is 2.40. The zero-order valence-electron chi connectivity index (χ0n) is 15.5. The lowest BCUT2D eigenvalue weighted by atomic mass is 9.85. The number of halogens is 1. The molecular weight excluding hydrogens is 352 g/mol. The number of urea groups is 1. The predicted octanol–water partition coefficient (Wildman–Crippen LogP) is 1.94. The topological polar surface area (TPSA) is 56.8 Å². The predicted molar refractivity (Wildman–Crippen MR) is 104 cm³/mol. The van der Waals surface area contributed by atoms with E-state index in [0.29, 0.717) is 18.1 Å². The fraction of sp³-hybridized carbons (Fsp3) is 0.632. The third kappa shape index (κ3) is 5.10. The lowest BCUT2D eigenvalue weighted by Gasteiger charge is -2.49. The summed E-state index contributed by atoms with van der Waals surface area (Å²) in [5.74, 6) is 0. The number of nitrogens with zero attached hydrogens (tertiary/aromatic N) is 2. The quantitative estimate of drug-likeness (QED) is 0.819. The highest BCUT2D eigenvalue weighted by atomic mass is 35.5. The van der Waals surface area contributed by atoms with E-state index in [2.05, 4.69) is 27.5 Å². The van der Waals surface area contributed by atoms with Crippen LogP contribution >= 0.6 is 11.6 Å². The molecule has 144 valence electrons. The van der Waals surface area contributed by atoms with E-state index < -0.39 is 0 Å². The van der Waals surface area contributed by atoms with Crippen molar-refractivity contribution in [3.05, 3.63) is 34.9 Å². The number of benzene rings is 1. The average Bonchev–Trinajstić information content (AvgIpc) is 2.67. The number of piperidine rings is 1. The summed E-state index contributed by atoms with van der Waals surface area (Å²) < 4.78 is 5.52. The van der Waals surface area contributed by atoms with Gasteiger partial charge in [-0.3, -0.25) is 4.90 Å². The summed E-state index contributed by atoms with van der Waals surface area (Å²) in [5, 5.41) is 6.72. The van der Waals surface area contributed by atoms with Crippen LogP contribution in [0.3, 0.4) is 0 Å². The SMILES string of the molecule is CN1CCC(CNC(=O)NCc2cccc(Cl)c2)(N2CCOCC2)CC1. The van der Waals surface area contributed by atoms with Gasteiger partial charge < -0.3 is 20.3 Å². The molecule has 0 unspecified atom stereocenters. The minimum Gasteiger partial charge on any atom is -0.379 e. The molecule has 0 bridgehead atoms. The standard InChI is InChI=1S/C19H29ClN4O2/c1-23-7-5-19(6-8-23,24-9-11-26-12-10-24)15-22-18(25)21-14-16-3-2-4-17(20)13-16/h2-4,13H,5-12,14-15H2,1H3,(H2,21,22,25). The number of hydrogen-bond donors (Lipinski definition) is 2. The van der Waals surface area contributed by atoms with E-state index in [1.54, 1.807) is 0 Å². The molecule has 0 aromatic heterocycles. The minimum absolute atomic E-state index is 0.0314. The Morgan fingerprint density at radius 3 is 2.62 bits per heavy atom. The fourth-order valence-electron chi connectivity index (χ4n) is 3.81. The van der Waals surface area contributed by atoms with E-state index in [-0.39, 0.29) is 11.6 Å². The molecule has 1 aromatic rings. The van der Waals surface area contributed by atoms with Gasteiger partial charge in [0.2, 0.25) is 0 Å². The maximum atomic E-state index is 12.3. The molecule has 1 aromatic carbocycles. The Hall–Kier alpha value is -1.34. The molecule has 6 nitrogen and oxygen atoms in total.